The van der Waals surface area contributed by atoms with Crippen molar-refractivity contribution < 1.29 is 38.1 Å². The van der Waals surface area contributed by atoms with Gasteiger partial charge in [0.25, 0.3) is 0 Å². The molecule has 0 bridgehead atoms. The fourth-order valence-corrected chi connectivity index (χ4v) is 2.66. The molecule has 51 heavy (non-hydrogen) atoms. The van der Waals surface area contributed by atoms with Crippen molar-refractivity contribution in [1.29, 1.82) is 0 Å². The molecule has 0 spiro atoms. The Hall–Kier alpha value is -2.12. The Morgan fingerprint density at radius 1 is 0.431 bits per heavy atom. The van der Waals surface area contributed by atoms with E-state index in [1.54, 1.807) is 0 Å². The fourth-order valence-electron chi connectivity index (χ4n) is 2.66. The first kappa shape index (κ1) is 78.1. The van der Waals surface area contributed by atoms with Gasteiger partial charge < -0.3 is 18.9 Å². The van der Waals surface area contributed by atoms with Gasteiger partial charge in [0, 0.05) is 0 Å². The van der Waals surface area contributed by atoms with Gasteiger partial charge in [0.2, 0.25) is 0 Å². The zero-order valence-electron chi connectivity index (χ0n) is 30.8. The topological polar surface area (TPSA) is 105 Å². The second-order valence-electron chi connectivity index (χ2n) is 14.3. The van der Waals surface area contributed by atoms with E-state index in [0.717, 1.165) is 38.5 Å². The first-order chi connectivity index (χ1) is 19.5. The van der Waals surface area contributed by atoms with Gasteiger partial charge in [-0.25, -0.2) is 0 Å². The number of rotatable bonds is 16. The Kier molecular flexibility index (Phi) is 55.5. The summed E-state index contributed by atoms with van der Waals surface area (Å²) in [6.07, 6.45) is 6.52. The molecule has 0 saturated heterocycles. The highest BCUT2D eigenvalue weighted by atomic mass is 16.6. The van der Waals surface area contributed by atoms with E-state index in [4.69, 9.17) is 14.2 Å². The summed E-state index contributed by atoms with van der Waals surface area (Å²) < 4.78 is 20.6. The molecule has 8 heteroatoms. The maximum atomic E-state index is 12.1. The lowest BCUT2D eigenvalue weighted by Gasteiger charge is -2.30. The van der Waals surface area contributed by atoms with E-state index in [9.17, 15) is 19.2 Å². The molecular formula is C43H100O8. The zero-order chi connectivity index (χ0) is 34.7. The second-order valence-corrected chi connectivity index (χ2v) is 14.3. The molecule has 8 nitrogen and oxygen atoms in total. The molecule has 0 rings (SSSR count). The van der Waals surface area contributed by atoms with Crippen LogP contribution in [-0.2, 0) is 38.1 Å². The molecule has 0 aliphatic heterocycles. The van der Waals surface area contributed by atoms with E-state index in [0.29, 0.717) is 26.1 Å². The normalized spacial score (nSPS) is 10.2. The molecule has 0 aromatic rings. The quantitative estimate of drug-likeness (QED) is 0.0873. The molecule has 0 saturated carbocycles. The number of carbonyl (C=O) groups is 4. The number of hydrogen-bond acceptors (Lipinski definition) is 8. The van der Waals surface area contributed by atoms with Gasteiger partial charge in [-0.3, -0.25) is 19.2 Å². The van der Waals surface area contributed by atoms with Gasteiger partial charge in [0.05, 0.1) is 42.0 Å². The minimum atomic E-state index is -0.545. The third-order valence-corrected chi connectivity index (χ3v) is 8.19. The van der Waals surface area contributed by atoms with Crippen LogP contribution >= 0.6 is 0 Å². The van der Waals surface area contributed by atoms with Gasteiger partial charge in [-0.05, 0) is 114 Å². The SMILES string of the molecule is C.C.C.C.C.C.C.C.CCC(C)(C)C(=O)OC.CCC(C)(C)C(=O)OCCCC(C)(C)OC(=O)C(C)(C)CC.CCCCOC(=O)C(C)(C)CC. The summed E-state index contributed by atoms with van der Waals surface area (Å²) in [5, 5.41) is 0. The van der Waals surface area contributed by atoms with E-state index in [1.807, 2.05) is 96.9 Å². The van der Waals surface area contributed by atoms with E-state index < -0.39 is 16.4 Å². The van der Waals surface area contributed by atoms with Crippen molar-refractivity contribution in [3.63, 3.8) is 0 Å². The van der Waals surface area contributed by atoms with Gasteiger partial charge >= 0.3 is 23.9 Å². The van der Waals surface area contributed by atoms with Crippen LogP contribution in [0.1, 0.15) is 215 Å². The van der Waals surface area contributed by atoms with Crippen LogP contribution in [0.5, 0.6) is 0 Å². The molecule has 320 valence electrons. The van der Waals surface area contributed by atoms with Crippen LogP contribution < -0.4 is 0 Å². The zero-order valence-corrected chi connectivity index (χ0v) is 30.8. The van der Waals surface area contributed by atoms with Crippen LogP contribution in [0, 0.1) is 21.7 Å². The van der Waals surface area contributed by atoms with Crippen LogP contribution in [0.3, 0.4) is 0 Å². The second kappa shape index (κ2) is 36.2. The maximum Gasteiger partial charge on any atom is 0.312 e. The van der Waals surface area contributed by atoms with Gasteiger partial charge in [-0.15, -0.1) is 0 Å². The minimum absolute atomic E-state index is 0. The molecule has 0 unspecified atom stereocenters. The first-order valence-electron chi connectivity index (χ1n) is 16.1. The monoisotopic (exact) mass is 745 g/mol. The van der Waals surface area contributed by atoms with Crippen molar-refractivity contribution in [2.45, 2.75) is 220 Å². The first-order valence-corrected chi connectivity index (χ1v) is 16.1. The molecule has 0 heterocycles. The van der Waals surface area contributed by atoms with Crippen molar-refractivity contribution >= 4 is 23.9 Å². The number of methoxy groups -OCH3 is 1. The van der Waals surface area contributed by atoms with Crippen LogP contribution in [0.4, 0.5) is 0 Å². The predicted octanol–water partition coefficient (Wildman–Crippen LogP) is 14.0. The Morgan fingerprint density at radius 2 is 0.706 bits per heavy atom. The summed E-state index contributed by atoms with van der Waals surface area (Å²) >= 11 is 0. The smallest absolute Gasteiger partial charge is 0.312 e. The molecule has 0 N–H and O–H groups in total. The third kappa shape index (κ3) is 34.7. The summed E-state index contributed by atoms with van der Waals surface area (Å²) in [4.78, 5) is 46.2. The van der Waals surface area contributed by atoms with Gasteiger partial charge in [-0.2, -0.15) is 0 Å². The Balaban J connectivity index is -0.0000000532. The highest BCUT2D eigenvalue weighted by Gasteiger charge is 2.33. The average Bonchev–Trinajstić information content (AvgIpc) is 2.94. The lowest BCUT2D eigenvalue weighted by Crippen LogP contribution is -2.35. The van der Waals surface area contributed by atoms with Crippen molar-refractivity contribution in [3.8, 4) is 0 Å². The summed E-state index contributed by atoms with van der Waals surface area (Å²) in [5.41, 5.74) is -2.07. The number of hydrogen-bond donors (Lipinski definition) is 0. The Bertz CT molecular complexity index is 824. The molecule has 0 aromatic carbocycles. The van der Waals surface area contributed by atoms with Crippen molar-refractivity contribution in [3.05, 3.63) is 0 Å². The highest BCUT2D eigenvalue weighted by molar-refractivity contribution is 5.77. The summed E-state index contributed by atoms with van der Waals surface area (Å²) in [6.45, 7) is 29.9. The molecule has 0 radical (unpaired) electrons. The molecule has 0 amide bonds. The maximum absolute atomic E-state index is 12.1. The molecule has 0 fully saturated rings. The fraction of sp³-hybridized carbons (Fsp3) is 0.907. The summed E-state index contributed by atoms with van der Waals surface area (Å²) in [7, 11) is 1.42. The van der Waals surface area contributed by atoms with E-state index >= 15 is 0 Å². The van der Waals surface area contributed by atoms with Crippen LogP contribution in [0.15, 0.2) is 0 Å². The third-order valence-electron chi connectivity index (χ3n) is 8.19. The van der Waals surface area contributed by atoms with Gasteiger partial charge in [0.15, 0.2) is 0 Å². The lowest BCUT2D eigenvalue weighted by molar-refractivity contribution is -0.169. The molecule has 0 aromatic heterocycles. The van der Waals surface area contributed by atoms with Gasteiger partial charge in [0.1, 0.15) is 5.60 Å². The molecular weight excluding hydrogens is 644 g/mol. The lowest BCUT2D eigenvalue weighted by atomic mass is 9.90. The van der Waals surface area contributed by atoms with Crippen molar-refractivity contribution in [2.24, 2.45) is 21.7 Å². The predicted molar refractivity (Wildman–Crippen MR) is 228 cm³/mol. The number of ether oxygens (including phenoxy) is 4. The minimum Gasteiger partial charge on any atom is -0.469 e. The molecule has 0 aliphatic carbocycles. The summed E-state index contributed by atoms with van der Waals surface area (Å²) in [5.74, 6) is -0.551. The average molecular weight is 745 g/mol. The van der Waals surface area contributed by atoms with E-state index in [1.165, 1.54) is 7.11 Å². The molecule has 0 aliphatic rings. The number of carbonyl (C=O) groups excluding carboxylic acids is 4. The Morgan fingerprint density at radius 3 is 0.961 bits per heavy atom. The molecule has 0 atom stereocenters. The van der Waals surface area contributed by atoms with E-state index in [-0.39, 0.29) is 94.1 Å². The number of esters is 4. The largest absolute Gasteiger partial charge is 0.469 e. The van der Waals surface area contributed by atoms with Gasteiger partial charge in [-0.1, -0.05) is 100 Å². The van der Waals surface area contributed by atoms with Crippen molar-refractivity contribution in [2.75, 3.05) is 20.3 Å². The van der Waals surface area contributed by atoms with Crippen molar-refractivity contribution in [1.82, 2.24) is 0 Å². The van der Waals surface area contributed by atoms with Crippen LogP contribution in [0.2, 0.25) is 0 Å². The van der Waals surface area contributed by atoms with Crippen LogP contribution in [0.25, 0.3) is 0 Å². The van der Waals surface area contributed by atoms with E-state index in [2.05, 4.69) is 11.7 Å². The highest BCUT2D eigenvalue weighted by Crippen LogP contribution is 2.27. The standard InChI is InChI=1S/C18H34O4.C10H20O2.C7H14O2.8CH4/c1-9-16(3,4)14(19)21-13-11-12-18(7,8)22-15(20)17(5,6)10-2;1-5-7-8-12-9(11)10(3,4)6-2;1-5-7(2,3)6(8)9-4;;;;;;;;/h9-13H2,1-8H3;5-8H2,1-4H3;5H2,1-4H3;8*1H4. The number of unbranched alkanes of at least 4 members (excludes halogenated alkanes) is 1. The summed E-state index contributed by atoms with van der Waals surface area (Å²) in [6, 6.07) is 0. The van der Waals surface area contributed by atoms with Crippen LogP contribution in [-0.4, -0.2) is 49.8 Å². The Labute approximate surface area is 323 Å².